The second-order valence-electron chi connectivity index (χ2n) is 7.90. The Balaban J connectivity index is 0.00000116. The lowest BCUT2D eigenvalue weighted by Crippen LogP contribution is -2.44. The zero-order valence-corrected chi connectivity index (χ0v) is 23.9. The largest absolute Gasteiger partial charge is 0.369 e. The van der Waals surface area contributed by atoms with Crippen LogP contribution in [0.5, 0.6) is 5.75 Å². The van der Waals surface area contributed by atoms with Crippen LogP contribution in [0.4, 0.5) is 0 Å². The van der Waals surface area contributed by atoms with Crippen molar-refractivity contribution in [3.8, 4) is 5.75 Å². The molecule has 14 nitrogen and oxygen atoms in total. The first-order valence-electron chi connectivity index (χ1n) is 10.4. The van der Waals surface area contributed by atoms with E-state index in [4.69, 9.17) is 19.7 Å². The molecule has 0 aliphatic rings. The third-order valence-corrected chi connectivity index (χ3v) is 4.16. The Labute approximate surface area is 223 Å². The molecule has 38 heavy (non-hydrogen) atoms. The molecular formula is C21H32N4O10S3. The summed E-state index contributed by atoms with van der Waals surface area (Å²) < 4.78 is 78.0. The lowest BCUT2D eigenvalue weighted by Gasteiger charge is -2.21. The lowest BCUT2D eigenvalue weighted by atomic mass is 10.1. The molecule has 0 unspecified atom stereocenters. The zero-order chi connectivity index (χ0) is 29.7. The van der Waals surface area contributed by atoms with Crippen LogP contribution in [-0.2, 0) is 36.7 Å². The van der Waals surface area contributed by atoms with Gasteiger partial charge in [0.1, 0.15) is 0 Å². The molecule has 0 bridgehead atoms. The number of guanidine groups is 1. The third-order valence-electron chi connectivity index (χ3n) is 3.64. The number of hydrogen-bond acceptors (Lipinski definition) is 9. The van der Waals surface area contributed by atoms with Crippen LogP contribution in [0.25, 0.3) is 0 Å². The molecule has 0 spiro atoms. The summed E-state index contributed by atoms with van der Waals surface area (Å²) in [6.07, 6.45) is 3.17. The van der Waals surface area contributed by atoms with E-state index in [1.807, 2.05) is 26.2 Å². The monoisotopic (exact) mass is 596 g/mol. The van der Waals surface area contributed by atoms with Crippen LogP contribution in [0.3, 0.4) is 0 Å². The summed E-state index contributed by atoms with van der Waals surface area (Å²) in [4.78, 5) is 20.4. The summed E-state index contributed by atoms with van der Waals surface area (Å²) in [5.41, 5.74) is 7.12. The van der Waals surface area contributed by atoms with Gasteiger partial charge in [0.25, 0.3) is 36.2 Å². The first-order chi connectivity index (χ1) is 17.2. The average molecular weight is 597 g/mol. The Morgan fingerprint density at radius 2 is 1.32 bits per heavy atom. The maximum absolute atomic E-state index is 12.8. The third kappa shape index (κ3) is 20.0. The van der Waals surface area contributed by atoms with Crippen LogP contribution < -0.4 is 10.6 Å². The molecule has 0 aliphatic heterocycles. The van der Waals surface area contributed by atoms with E-state index in [1.54, 1.807) is 42.5 Å². The number of likely N-dealkylation sites (N-methyl/N-ethyl adjacent to an activating group) is 1. The number of hydrogen-bond donors (Lipinski definition) is 3. The molecule has 0 saturated heterocycles. The maximum Gasteiger partial charge on any atom is 0.294 e. The molecule has 17 heteroatoms. The number of nitrogens with two attached hydrogens (primary N) is 1. The highest BCUT2D eigenvalue weighted by Gasteiger charge is 2.23. The fraction of sp³-hybridized carbons (Fsp3) is 0.333. The van der Waals surface area contributed by atoms with E-state index in [-0.39, 0.29) is 5.56 Å². The molecule has 0 aromatic heterocycles. The van der Waals surface area contributed by atoms with Crippen molar-refractivity contribution in [2.24, 2.45) is 10.1 Å². The minimum atomic E-state index is -3.81. The molecule has 0 fully saturated rings. The van der Waals surface area contributed by atoms with E-state index in [0.717, 1.165) is 24.8 Å². The fourth-order valence-electron chi connectivity index (χ4n) is 2.27. The number of benzene rings is 2. The van der Waals surface area contributed by atoms with E-state index in [1.165, 1.54) is 0 Å². The summed E-state index contributed by atoms with van der Waals surface area (Å²) in [5.74, 6) is -0.889. The van der Waals surface area contributed by atoms with Crippen molar-refractivity contribution >= 4 is 42.1 Å². The van der Waals surface area contributed by atoms with Gasteiger partial charge in [0, 0.05) is 12.1 Å². The van der Waals surface area contributed by atoms with Crippen LogP contribution in [0.2, 0.25) is 0 Å². The quantitative estimate of drug-likeness (QED) is 0.173. The van der Waals surface area contributed by atoms with Crippen molar-refractivity contribution < 1.29 is 44.0 Å². The molecule has 0 saturated carbocycles. The number of rotatable bonds is 7. The second-order valence-corrected chi connectivity index (χ2v) is 12.5. The number of carbonyl (C=O) groups excluding carboxylic acids is 1. The van der Waals surface area contributed by atoms with Gasteiger partial charge in [-0.25, -0.2) is 8.42 Å². The SMILES string of the molecule is CN(C)CCc1ccc(ON(C(=O)c2ccccc2)C(N)=NS(C)(=O)=O)cc1.CS(=O)(=O)O.CS(=O)(=O)O. The average Bonchev–Trinajstić information content (AvgIpc) is 2.73. The topological polar surface area (TPSA) is 214 Å². The molecule has 214 valence electrons. The van der Waals surface area contributed by atoms with Crippen molar-refractivity contribution in [2.75, 3.05) is 39.4 Å². The minimum absolute atomic E-state index is 0.275. The molecular weight excluding hydrogens is 564 g/mol. The molecule has 4 N–H and O–H groups in total. The van der Waals surface area contributed by atoms with Gasteiger partial charge in [0.2, 0.25) is 5.96 Å². The zero-order valence-electron chi connectivity index (χ0n) is 21.4. The second kappa shape index (κ2) is 15.4. The standard InChI is InChI=1S/C19H24N4O4S.2CH4O3S/c1-22(2)14-13-15-9-11-17(12-10-15)27-23(19(20)21-28(3,25)26)18(24)16-7-5-4-6-8-16;2*1-5(2,3)4/h4-12H,13-14H2,1-3H3,(H2,20,21);2*1H3,(H,2,3,4). The van der Waals surface area contributed by atoms with E-state index in [0.29, 0.717) is 23.3 Å². The number of amides is 1. The van der Waals surface area contributed by atoms with Gasteiger partial charge in [0.15, 0.2) is 5.75 Å². The molecule has 0 aliphatic carbocycles. The maximum atomic E-state index is 12.8. The van der Waals surface area contributed by atoms with Crippen LogP contribution in [0, 0.1) is 0 Å². The summed E-state index contributed by atoms with van der Waals surface area (Å²) in [6, 6.07) is 15.3. The van der Waals surface area contributed by atoms with E-state index in [9.17, 15) is 30.0 Å². The fourth-order valence-corrected chi connectivity index (χ4v) is 2.69. The predicted molar refractivity (Wildman–Crippen MR) is 143 cm³/mol. The highest BCUT2D eigenvalue weighted by Crippen LogP contribution is 2.16. The van der Waals surface area contributed by atoms with Gasteiger partial charge in [-0.1, -0.05) is 30.3 Å². The Morgan fingerprint density at radius 1 is 0.868 bits per heavy atom. The van der Waals surface area contributed by atoms with Crippen LogP contribution in [-0.4, -0.2) is 95.6 Å². The van der Waals surface area contributed by atoms with Gasteiger partial charge >= 0.3 is 0 Å². The molecule has 0 radical (unpaired) electrons. The lowest BCUT2D eigenvalue weighted by molar-refractivity contribution is 0.0160. The number of carbonyl (C=O) groups is 1. The first kappa shape index (κ1) is 34.9. The van der Waals surface area contributed by atoms with Gasteiger partial charge in [-0.2, -0.15) is 16.8 Å². The van der Waals surface area contributed by atoms with Crippen molar-refractivity contribution in [1.29, 1.82) is 0 Å². The Morgan fingerprint density at radius 3 is 1.71 bits per heavy atom. The van der Waals surface area contributed by atoms with E-state index in [2.05, 4.69) is 9.30 Å². The van der Waals surface area contributed by atoms with Crippen molar-refractivity contribution in [3.05, 3.63) is 65.7 Å². The van der Waals surface area contributed by atoms with E-state index < -0.39 is 42.1 Å². The smallest absolute Gasteiger partial charge is 0.294 e. The van der Waals surface area contributed by atoms with Crippen LogP contribution >= 0.6 is 0 Å². The van der Waals surface area contributed by atoms with Crippen LogP contribution in [0.15, 0.2) is 59.0 Å². The molecule has 0 atom stereocenters. The summed E-state index contributed by atoms with van der Waals surface area (Å²) >= 11 is 0. The molecule has 0 heterocycles. The van der Waals surface area contributed by atoms with Crippen molar-refractivity contribution in [3.63, 3.8) is 0 Å². The van der Waals surface area contributed by atoms with E-state index >= 15 is 0 Å². The molecule has 1 amide bonds. The number of sulfonamides is 1. The highest BCUT2D eigenvalue weighted by molar-refractivity contribution is 7.89. The normalized spacial score (nSPS) is 11.9. The Bertz CT molecular complexity index is 1330. The molecule has 2 aromatic rings. The molecule has 2 aromatic carbocycles. The summed E-state index contributed by atoms with van der Waals surface area (Å²) in [7, 11) is -7.16. The number of hydroxylamine groups is 2. The Kier molecular flexibility index (Phi) is 14.1. The molecule has 2 rings (SSSR count). The van der Waals surface area contributed by atoms with Gasteiger partial charge in [0.05, 0.1) is 18.8 Å². The summed E-state index contributed by atoms with van der Waals surface area (Å²) in [5, 5.41) is 0.672. The predicted octanol–water partition coefficient (Wildman–Crippen LogP) is 0.509. The van der Waals surface area contributed by atoms with Crippen molar-refractivity contribution in [1.82, 2.24) is 9.96 Å². The van der Waals surface area contributed by atoms with Gasteiger partial charge in [-0.15, -0.1) is 9.46 Å². The first-order valence-corrected chi connectivity index (χ1v) is 15.9. The van der Waals surface area contributed by atoms with Crippen LogP contribution in [0.1, 0.15) is 15.9 Å². The minimum Gasteiger partial charge on any atom is -0.369 e. The van der Waals surface area contributed by atoms with Gasteiger partial charge < -0.3 is 15.5 Å². The Hall–Kier alpha value is -3.09. The number of nitrogens with zero attached hydrogens (tertiary/aromatic N) is 3. The van der Waals surface area contributed by atoms with Gasteiger partial charge in [-0.05, 0) is 50.3 Å². The van der Waals surface area contributed by atoms with Gasteiger partial charge in [-0.3, -0.25) is 13.9 Å². The van der Waals surface area contributed by atoms with Crippen molar-refractivity contribution in [2.45, 2.75) is 6.42 Å². The highest BCUT2D eigenvalue weighted by atomic mass is 32.2. The summed E-state index contributed by atoms with van der Waals surface area (Å²) in [6.45, 7) is 0.896.